The number of halogens is 3. The van der Waals surface area contributed by atoms with Crippen LogP contribution in [0, 0.1) is 0 Å². The van der Waals surface area contributed by atoms with E-state index < -0.39 is 0 Å². The van der Waals surface area contributed by atoms with Gasteiger partial charge in [0.25, 0.3) is 5.91 Å². The molecule has 0 unspecified atom stereocenters. The number of nitrogens with one attached hydrogen (secondary N) is 1. The normalized spacial score (nSPS) is 10.3. The molecule has 0 saturated carbocycles. The molecule has 19 heavy (non-hydrogen) atoms. The fourth-order valence-corrected chi connectivity index (χ4v) is 2.82. The zero-order chi connectivity index (χ0) is 13.8. The summed E-state index contributed by atoms with van der Waals surface area (Å²) >= 11 is 12.6. The van der Waals surface area contributed by atoms with Crippen molar-refractivity contribution < 1.29 is 4.79 Å². The number of benzene rings is 2. The molecule has 0 saturated heterocycles. The van der Waals surface area contributed by atoms with E-state index in [1.165, 1.54) is 0 Å². The Kier molecular flexibility index (Phi) is 5.02. The number of rotatable bonds is 3. The lowest BCUT2D eigenvalue weighted by atomic mass is 10.2. The number of hydrogen-bond acceptors (Lipinski definition) is 1. The predicted octanol–water partition coefficient (Wildman–Crippen LogP) is 5.25. The number of carbonyl (C=O) groups excluding carboxylic acids is 1. The number of alkyl halides is 1. The van der Waals surface area contributed by atoms with Gasteiger partial charge >= 0.3 is 0 Å². The van der Waals surface area contributed by atoms with E-state index in [1.54, 1.807) is 18.2 Å². The highest BCUT2D eigenvalue weighted by molar-refractivity contribution is 9.10. The van der Waals surface area contributed by atoms with Gasteiger partial charge in [-0.05, 0) is 51.8 Å². The Morgan fingerprint density at radius 1 is 1.21 bits per heavy atom. The fourth-order valence-electron chi connectivity index (χ4n) is 1.60. The van der Waals surface area contributed by atoms with Crippen LogP contribution in [0.5, 0.6) is 0 Å². The van der Waals surface area contributed by atoms with Crippen LogP contribution in [0.1, 0.15) is 15.9 Å². The van der Waals surface area contributed by atoms with E-state index in [-0.39, 0.29) is 5.91 Å². The van der Waals surface area contributed by atoms with Gasteiger partial charge in [-0.25, -0.2) is 0 Å². The third-order valence-corrected chi connectivity index (χ3v) is 4.05. The third kappa shape index (κ3) is 3.81. The van der Waals surface area contributed by atoms with E-state index in [0.29, 0.717) is 15.1 Å². The third-order valence-electron chi connectivity index (χ3n) is 2.51. The zero-order valence-corrected chi connectivity index (χ0v) is 13.7. The van der Waals surface area contributed by atoms with Crippen molar-refractivity contribution in [2.45, 2.75) is 5.33 Å². The molecular formula is C14H10Br2ClNO. The lowest BCUT2D eigenvalue weighted by molar-refractivity contribution is 0.102. The molecule has 0 aliphatic rings. The van der Waals surface area contributed by atoms with E-state index in [4.69, 9.17) is 11.6 Å². The van der Waals surface area contributed by atoms with Gasteiger partial charge in [-0.1, -0.05) is 39.7 Å². The van der Waals surface area contributed by atoms with Crippen LogP contribution in [0.3, 0.4) is 0 Å². The summed E-state index contributed by atoms with van der Waals surface area (Å²) in [5.41, 5.74) is 2.42. The van der Waals surface area contributed by atoms with Crippen molar-refractivity contribution in [2.75, 3.05) is 5.32 Å². The Morgan fingerprint density at radius 2 is 2.00 bits per heavy atom. The number of hydrogen-bond donors (Lipinski definition) is 1. The molecule has 98 valence electrons. The Labute approximate surface area is 133 Å². The molecule has 2 aromatic rings. The van der Waals surface area contributed by atoms with Crippen LogP contribution >= 0.6 is 43.5 Å². The molecule has 0 radical (unpaired) electrons. The molecule has 0 aliphatic heterocycles. The highest BCUT2D eigenvalue weighted by Gasteiger charge is 2.10. The highest BCUT2D eigenvalue weighted by atomic mass is 79.9. The van der Waals surface area contributed by atoms with Crippen molar-refractivity contribution in [1.29, 1.82) is 0 Å². The first-order valence-electron chi connectivity index (χ1n) is 5.51. The molecule has 0 fully saturated rings. The van der Waals surface area contributed by atoms with Crippen LogP contribution in [0.25, 0.3) is 0 Å². The summed E-state index contributed by atoms with van der Waals surface area (Å²) in [4.78, 5) is 12.1. The maximum absolute atomic E-state index is 12.1. The summed E-state index contributed by atoms with van der Waals surface area (Å²) in [5.74, 6) is -0.171. The molecule has 2 rings (SSSR count). The van der Waals surface area contributed by atoms with Crippen LogP contribution in [0.2, 0.25) is 5.02 Å². The SMILES string of the molecule is O=C(Nc1cccc(CBr)c1)c1ccc(Cl)cc1Br. The average molecular weight is 404 g/mol. The Bertz CT molecular complexity index is 616. The number of amides is 1. The molecule has 5 heteroatoms. The van der Waals surface area contributed by atoms with E-state index in [1.807, 2.05) is 24.3 Å². The monoisotopic (exact) mass is 401 g/mol. The first-order valence-corrected chi connectivity index (χ1v) is 7.80. The maximum atomic E-state index is 12.1. The van der Waals surface area contributed by atoms with Crippen LogP contribution in [-0.2, 0) is 5.33 Å². The molecule has 0 spiro atoms. The van der Waals surface area contributed by atoms with E-state index in [2.05, 4.69) is 37.2 Å². The molecule has 0 bridgehead atoms. The van der Waals surface area contributed by atoms with Gasteiger partial charge in [-0.2, -0.15) is 0 Å². The van der Waals surface area contributed by atoms with Crippen LogP contribution in [0.4, 0.5) is 5.69 Å². The molecule has 0 heterocycles. The Hall–Kier alpha value is -0.840. The van der Waals surface area contributed by atoms with Gasteiger partial charge in [0.1, 0.15) is 0 Å². The standard InChI is InChI=1S/C14H10Br2ClNO/c15-8-9-2-1-3-11(6-9)18-14(19)12-5-4-10(17)7-13(12)16/h1-7H,8H2,(H,18,19). The molecular weight excluding hydrogens is 393 g/mol. The minimum atomic E-state index is -0.171. The molecule has 1 N–H and O–H groups in total. The highest BCUT2D eigenvalue weighted by Crippen LogP contribution is 2.23. The first kappa shape index (κ1) is 14.6. The van der Waals surface area contributed by atoms with Gasteiger partial charge in [0.2, 0.25) is 0 Å². The van der Waals surface area contributed by atoms with Crippen molar-refractivity contribution in [1.82, 2.24) is 0 Å². The second kappa shape index (κ2) is 6.55. The van der Waals surface area contributed by atoms with Gasteiger partial charge in [0, 0.05) is 20.5 Å². The van der Waals surface area contributed by atoms with Crippen molar-refractivity contribution in [2.24, 2.45) is 0 Å². The first-order chi connectivity index (χ1) is 9.10. The number of carbonyl (C=O) groups is 1. The molecule has 2 aromatic carbocycles. The van der Waals surface area contributed by atoms with E-state index >= 15 is 0 Å². The summed E-state index contributed by atoms with van der Waals surface area (Å²) < 4.78 is 0.675. The summed E-state index contributed by atoms with van der Waals surface area (Å²) in [5, 5.41) is 4.20. The lowest BCUT2D eigenvalue weighted by Gasteiger charge is -2.08. The largest absolute Gasteiger partial charge is 0.322 e. The van der Waals surface area contributed by atoms with Gasteiger partial charge in [-0.15, -0.1) is 0 Å². The van der Waals surface area contributed by atoms with Crippen molar-refractivity contribution in [3.05, 3.63) is 63.1 Å². The summed E-state index contributed by atoms with van der Waals surface area (Å²) in [6.45, 7) is 0. The van der Waals surface area contributed by atoms with E-state index in [9.17, 15) is 4.79 Å². The maximum Gasteiger partial charge on any atom is 0.256 e. The smallest absolute Gasteiger partial charge is 0.256 e. The molecule has 1 amide bonds. The van der Waals surface area contributed by atoms with Gasteiger partial charge in [-0.3, -0.25) is 4.79 Å². The van der Waals surface area contributed by atoms with Crippen LogP contribution in [0.15, 0.2) is 46.9 Å². The molecule has 2 nitrogen and oxygen atoms in total. The van der Waals surface area contributed by atoms with E-state index in [0.717, 1.165) is 16.6 Å². The quantitative estimate of drug-likeness (QED) is 0.697. The Morgan fingerprint density at radius 3 is 2.68 bits per heavy atom. The van der Waals surface area contributed by atoms with Gasteiger partial charge < -0.3 is 5.32 Å². The summed E-state index contributed by atoms with van der Waals surface area (Å²) in [6, 6.07) is 12.8. The summed E-state index contributed by atoms with van der Waals surface area (Å²) in [7, 11) is 0. The molecule has 0 atom stereocenters. The zero-order valence-electron chi connectivity index (χ0n) is 9.79. The van der Waals surface area contributed by atoms with Crippen LogP contribution < -0.4 is 5.32 Å². The van der Waals surface area contributed by atoms with Crippen LogP contribution in [-0.4, -0.2) is 5.91 Å². The van der Waals surface area contributed by atoms with Gasteiger partial charge in [0.15, 0.2) is 0 Å². The Balaban J connectivity index is 2.20. The topological polar surface area (TPSA) is 29.1 Å². The lowest BCUT2D eigenvalue weighted by Crippen LogP contribution is -2.12. The molecule has 0 aromatic heterocycles. The summed E-state index contributed by atoms with van der Waals surface area (Å²) in [6.07, 6.45) is 0. The number of anilines is 1. The average Bonchev–Trinajstić information content (AvgIpc) is 2.38. The predicted molar refractivity (Wildman–Crippen MR) is 86.2 cm³/mol. The molecule has 0 aliphatic carbocycles. The fraction of sp³-hybridized carbons (Fsp3) is 0.0714. The van der Waals surface area contributed by atoms with Crippen molar-refractivity contribution >= 4 is 55.1 Å². The minimum Gasteiger partial charge on any atom is -0.322 e. The van der Waals surface area contributed by atoms with Crippen molar-refractivity contribution in [3.63, 3.8) is 0 Å². The minimum absolute atomic E-state index is 0.171. The van der Waals surface area contributed by atoms with Gasteiger partial charge in [0.05, 0.1) is 5.56 Å². The second-order valence-corrected chi connectivity index (χ2v) is 5.76. The van der Waals surface area contributed by atoms with Crippen molar-refractivity contribution in [3.8, 4) is 0 Å². The second-order valence-electron chi connectivity index (χ2n) is 3.91.